The van der Waals surface area contributed by atoms with Gasteiger partial charge in [0.2, 0.25) is 0 Å². The molecule has 11 heteroatoms. The Bertz CT molecular complexity index is 964. The number of carbonyl (C=O) groups is 1. The predicted molar refractivity (Wildman–Crippen MR) is 103 cm³/mol. The van der Waals surface area contributed by atoms with Crippen molar-refractivity contribution in [2.75, 3.05) is 18.4 Å². The van der Waals surface area contributed by atoms with Crippen molar-refractivity contribution in [2.24, 2.45) is 5.92 Å². The van der Waals surface area contributed by atoms with E-state index >= 15 is 0 Å². The van der Waals surface area contributed by atoms with Gasteiger partial charge in [-0.25, -0.2) is 8.42 Å². The number of nitrogens with zero attached hydrogens (tertiary/aromatic N) is 1. The van der Waals surface area contributed by atoms with Crippen molar-refractivity contribution in [3.05, 3.63) is 41.3 Å². The van der Waals surface area contributed by atoms with Gasteiger partial charge >= 0.3 is 6.36 Å². The third-order valence-electron chi connectivity index (χ3n) is 4.49. The number of hydrogen-bond acceptors (Lipinski definition) is 5. The van der Waals surface area contributed by atoms with E-state index in [4.69, 9.17) is 0 Å². The van der Waals surface area contributed by atoms with Gasteiger partial charge < -0.3 is 10.1 Å². The average molecular weight is 448 g/mol. The first-order valence-electron chi connectivity index (χ1n) is 8.82. The van der Waals surface area contributed by atoms with Crippen molar-refractivity contribution in [2.45, 2.75) is 30.3 Å². The second-order valence-corrected chi connectivity index (χ2v) is 9.98. The molecule has 2 aromatic rings. The Balaban J connectivity index is 1.66. The number of anilines is 1. The van der Waals surface area contributed by atoms with Gasteiger partial charge in [-0.05, 0) is 55.2 Å². The van der Waals surface area contributed by atoms with Gasteiger partial charge in [-0.1, -0.05) is 6.92 Å². The van der Waals surface area contributed by atoms with Crippen LogP contribution in [0.5, 0.6) is 5.75 Å². The second-order valence-electron chi connectivity index (χ2n) is 6.73. The van der Waals surface area contributed by atoms with Crippen LogP contribution in [0.1, 0.15) is 29.4 Å². The lowest BCUT2D eigenvalue weighted by Crippen LogP contribution is -2.37. The highest BCUT2D eigenvalue weighted by Gasteiger charge is 2.31. The smallest absolute Gasteiger partial charge is 0.406 e. The molecule has 0 bridgehead atoms. The second kappa shape index (κ2) is 8.33. The van der Waals surface area contributed by atoms with Crippen LogP contribution in [0, 0.1) is 5.92 Å². The van der Waals surface area contributed by atoms with Crippen molar-refractivity contribution in [1.29, 1.82) is 0 Å². The van der Waals surface area contributed by atoms with Crippen molar-refractivity contribution in [3.63, 3.8) is 0 Å². The summed E-state index contributed by atoms with van der Waals surface area (Å²) >= 11 is 0.858. The number of benzene rings is 1. The maximum absolute atomic E-state index is 12.7. The molecule has 1 aliphatic rings. The number of piperidine rings is 1. The molecule has 1 aromatic heterocycles. The summed E-state index contributed by atoms with van der Waals surface area (Å²) in [6.45, 7) is 2.99. The molecule has 3 rings (SSSR count). The number of nitrogens with one attached hydrogen (secondary N) is 1. The van der Waals surface area contributed by atoms with Crippen LogP contribution in [-0.4, -0.2) is 38.1 Å². The molecule has 158 valence electrons. The van der Waals surface area contributed by atoms with Crippen LogP contribution < -0.4 is 10.1 Å². The van der Waals surface area contributed by atoms with Gasteiger partial charge in [-0.3, -0.25) is 4.79 Å². The third-order valence-corrected chi connectivity index (χ3v) is 7.94. The average Bonchev–Trinajstić information content (AvgIpc) is 3.14. The molecule has 29 heavy (non-hydrogen) atoms. The molecule has 1 aromatic carbocycles. The predicted octanol–water partition coefficient (Wildman–Crippen LogP) is 4.32. The minimum absolute atomic E-state index is 0.0890. The van der Waals surface area contributed by atoms with Crippen LogP contribution in [-0.2, 0) is 10.0 Å². The van der Waals surface area contributed by atoms with E-state index < -0.39 is 28.0 Å². The van der Waals surface area contributed by atoms with Gasteiger partial charge in [-0.15, -0.1) is 24.5 Å². The van der Waals surface area contributed by atoms with E-state index in [1.807, 2.05) is 0 Å². The van der Waals surface area contributed by atoms with Crippen LogP contribution in [0.15, 0.2) is 40.6 Å². The minimum Gasteiger partial charge on any atom is -0.406 e. The molecule has 1 saturated heterocycles. The molecule has 0 aliphatic carbocycles. The van der Waals surface area contributed by atoms with E-state index in [1.54, 1.807) is 0 Å². The largest absolute Gasteiger partial charge is 0.573 e. The van der Waals surface area contributed by atoms with Crippen LogP contribution in [0.2, 0.25) is 0 Å². The summed E-state index contributed by atoms with van der Waals surface area (Å²) < 4.78 is 67.3. The highest BCUT2D eigenvalue weighted by Crippen LogP contribution is 2.29. The first-order chi connectivity index (χ1) is 13.5. The fourth-order valence-electron chi connectivity index (χ4n) is 2.87. The number of amides is 1. The molecule has 0 saturated carbocycles. The zero-order valence-corrected chi connectivity index (χ0v) is 17.0. The van der Waals surface area contributed by atoms with Crippen molar-refractivity contribution >= 4 is 33.0 Å². The number of halogens is 3. The summed E-state index contributed by atoms with van der Waals surface area (Å²) in [5, 5.41) is 2.52. The van der Waals surface area contributed by atoms with Gasteiger partial charge in [0, 0.05) is 18.8 Å². The Hall–Kier alpha value is -2.11. The van der Waals surface area contributed by atoms with Crippen LogP contribution in [0.4, 0.5) is 18.9 Å². The van der Waals surface area contributed by atoms with E-state index in [0.717, 1.165) is 36.3 Å². The van der Waals surface area contributed by atoms with E-state index in [9.17, 15) is 26.4 Å². The Morgan fingerprint density at radius 2 is 1.76 bits per heavy atom. The number of alkyl halides is 3. The van der Waals surface area contributed by atoms with Gasteiger partial charge in [0.05, 0.1) is 4.88 Å². The Kier molecular flexibility index (Phi) is 6.20. The van der Waals surface area contributed by atoms with Crippen molar-refractivity contribution < 1.29 is 31.1 Å². The van der Waals surface area contributed by atoms with Gasteiger partial charge in [0.25, 0.3) is 15.9 Å². The van der Waals surface area contributed by atoms with E-state index in [0.29, 0.717) is 19.0 Å². The zero-order chi connectivity index (χ0) is 21.2. The highest BCUT2D eigenvalue weighted by molar-refractivity contribution is 7.91. The molecule has 1 N–H and O–H groups in total. The number of thiophene rings is 1. The molecule has 0 spiro atoms. The van der Waals surface area contributed by atoms with Crippen LogP contribution >= 0.6 is 11.3 Å². The lowest BCUT2D eigenvalue weighted by molar-refractivity contribution is -0.274. The molecule has 2 heterocycles. The molecule has 0 radical (unpaired) electrons. The topological polar surface area (TPSA) is 75.7 Å². The molecule has 1 aliphatic heterocycles. The van der Waals surface area contributed by atoms with Crippen LogP contribution in [0.3, 0.4) is 0 Å². The SMILES string of the molecule is CC1CCN(S(=O)(=O)c2ccc(C(=O)Nc3ccc(OC(F)(F)F)cc3)s2)CC1. The maximum atomic E-state index is 12.7. The Labute approximate surface area is 170 Å². The minimum atomic E-state index is -4.80. The summed E-state index contributed by atoms with van der Waals surface area (Å²) in [5.74, 6) is -0.469. The fourth-order valence-corrected chi connectivity index (χ4v) is 5.69. The summed E-state index contributed by atoms with van der Waals surface area (Å²) in [6, 6.07) is 7.49. The normalized spacial score (nSPS) is 16.6. The number of rotatable bonds is 5. The lowest BCUT2D eigenvalue weighted by Gasteiger charge is -2.28. The fraction of sp³-hybridized carbons (Fsp3) is 0.389. The van der Waals surface area contributed by atoms with Crippen molar-refractivity contribution in [3.8, 4) is 5.75 Å². The number of carbonyl (C=O) groups excluding carboxylic acids is 1. The molecule has 0 atom stereocenters. The van der Waals surface area contributed by atoms with Gasteiger partial charge in [0.15, 0.2) is 0 Å². The quantitative estimate of drug-likeness (QED) is 0.739. The van der Waals surface area contributed by atoms with E-state index in [-0.39, 0.29) is 14.8 Å². The Morgan fingerprint density at radius 1 is 1.14 bits per heavy atom. The van der Waals surface area contributed by atoms with Gasteiger partial charge in [0.1, 0.15) is 9.96 Å². The summed E-state index contributed by atoms with van der Waals surface area (Å²) in [5.41, 5.74) is 0.257. The first-order valence-corrected chi connectivity index (χ1v) is 11.1. The molecular weight excluding hydrogens is 429 g/mol. The standard InChI is InChI=1S/C18H19F3N2O4S2/c1-12-8-10-23(11-9-12)29(25,26)16-7-6-15(28-16)17(24)22-13-2-4-14(5-3-13)27-18(19,20)21/h2-7,12H,8-11H2,1H3,(H,22,24). The summed E-state index contributed by atoms with van der Waals surface area (Å²) in [7, 11) is -3.65. The number of sulfonamides is 1. The molecular formula is C18H19F3N2O4S2. The molecule has 1 fully saturated rings. The lowest BCUT2D eigenvalue weighted by atomic mass is 10.0. The first kappa shape index (κ1) is 21.6. The zero-order valence-electron chi connectivity index (χ0n) is 15.4. The summed E-state index contributed by atoms with van der Waals surface area (Å²) in [4.78, 5) is 12.6. The highest BCUT2D eigenvalue weighted by atomic mass is 32.2. The van der Waals surface area contributed by atoms with Gasteiger partial charge in [-0.2, -0.15) is 4.31 Å². The number of ether oxygens (including phenoxy) is 1. The van der Waals surface area contributed by atoms with Crippen molar-refractivity contribution in [1.82, 2.24) is 4.31 Å². The Morgan fingerprint density at radius 3 is 2.34 bits per heavy atom. The van der Waals surface area contributed by atoms with Crippen LogP contribution in [0.25, 0.3) is 0 Å². The monoisotopic (exact) mass is 448 g/mol. The molecule has 0 unspecified atom stereocenters. The van der Waals surface area contributed by atoms with E-state index in [2.05, 4.69) is 17.0 Å². The third kappa shape index (κ3) is 5.49. The molecule has 1 amide bonds. The summed E-state index contributed by atoms with van der Waals surface area (Å²) in [6.07, 6.45) is -3.20. The van der Waals surface area contributed by atoms with E-state index in [1.165, 1.54) is 28.6 Å². The number of hydrogen-bond donors (Lipinski definition) is 1. The molecule has 6 nitrogen and oxygen atoms in total. The maximum Gasteiger partial charge on any atom is 0.573 e.